The molecule has 6 aromatic carbocycles. The second kappa shape index (κ2) is 19.8. The van der Waals surface area contributed by atoms with Crippen molar-refractivity contribution in [2.75, 3.05) is 0 Å². The van der Waals surface area contributed by atoms with E-state index in [1.807, 2.05) is 0 Å². The van der Waals surface area contributed by atoms with Crippen molar-refractivity contribution < 1.29 is 20.8 Å². The first kappa shape index (κ1) is 40.2. The van der Waals surface area contributed by atoms with E-state index in [9.17, 15) is 0 Å². The summed E-state index contributed by atoms with van der Waals surface area (Å²) in [5.74, 6) is 1.06. The monoisotopic (exact) mass is 768 g/mol. The van der Waals surface area contributed by atoms with Crippen molar-refractivity contribution in [3.63, 3.8) is 0 Å². The Balaban J connectivity index is 0.000000224. The summed E-state index contributed by atoms with van der Waals surface area (Å²) in [6.45, 7) is 22.3. The van der Waals surface area contributed by atoms with Gasteiger partial charge in [0.1, 0.15) is 0 Å². The number of aryl methyl sites for hydroxylation is 4. The van der Waals surface area contributed by atoms with Crippen molar-refractivity contribution in [3.05, 3.63) is 130 Å². The van der Waals surface area contributed by atoms with E-state index in [0.29, 0.717) is 11.8 Å². The van der Waals surface area contributed by atoms with Crippen LogP contribution in [0, 0.1) is 13.8 Å². The molecule has 0 fully saturated rings. The van der Waals surface area contributed by atoms with Crippen molar-refractivity contribution in [1.82, 2.24) is 0 Å². The third-order valence-electron chi connectivity index (χ3n) is 8.85. The first-order valence-electron chi connectivity index (χ1n) is 17.2. The van der Waals surface area contributed by atoms with Crippen LogP contribution in [0.3, 0.4) is 0 Å². The van der Waals surface area contributed by atoms with Crippen LogP contribution in [0.5, 0.6) is 0 Å². The van der Waals surface area contributed by atoms with E-state index < -0.39 is 20.8 Å². The quantitative estimate of drug-likeness (QED) is 0.117. The van der Waals surface area contributed by atoms with Gasteiger partial charge in [0.05, 0.1) is 0 Å². The first-order chi connectivity index (χ1) is 23.1. The molecule has 0 saturated carbocycles. The van der Waals surface area contributed by atoms with Gasteiger partial charge in [-0.05, 0) is 60.8 Å². The maximum absolute atomic E-state index is 4.93. The van der Waals surface area contributed by atoms with E-state index in [1.54, 1.807) is 0 Å². The number of rotatable bonds is 6. The molecule has 0 nitrogen and oxygen atoms in total. The van der Waals surface area contributed by atoms with Gasteiger partial charge in [0.2, 0.25) is 0 Å². The number of hydrogen-bond donors (Lipinski definition) is 0. The van der Waals surface area contributed by atoms with Crippen LogP contribution in [0.25, 0.3) is 43.8 Å². The summed E-state index contributed by atoms with van der Waals surface area (Å²) in [4.78, 5) is 0. The van der Waals surface area contributed by atoms with Crippen LogP contribution in [0.15, 0.2) is 97.1 Å². The fourth-order valence-corrected chi connectivity index (χ4v) is 6.40. The van der Waals surface area contributed by atoms with Crippen LogP contribution in [0.1, 0.15) is 86.8 Å². The van der Waals surface area contributed by atoms with E-state index in [0.717, 1.165) is 22.4 Å². The predicted octanol–water partition coefficient (Wildman–Crippen LogP) is 14.6. The normalized spacial score (nSPS) is 10.6. The molecule has 0 unspecified atom stereocenters. The summed E-state index contributed by atoms with van der Waals surface area (Å²) < 4.78 is 0. The predicted molar refractivity (Wildman–Crippen MR) is 216 cm³/mol. The van der Waals surface area contributed by atoms with Crippen LogP contribution in [0.2, 0.25) is 13.1 Å². The van der Waals surface area contributed by atoms with E-state index in [-0.39, 0.29) is 0 Å². The van der Waals surface area contributed by atoms with Gasteiger partial charge in [0, 0.05) is 9.52 Å². The summed E-state index contributed by atoms with van der Waals surface area (Å²) in [5.41, 5.74) is 14.1. The van der Waals surface area contributed by atoms with Gasteiger partial charge in [-0.3, -0.25) is 0 Å². The molecule has 0 heterocycles. The molecule has 6 rings (SSSR count). The molecular formula is C44H52Cl2SiZr. The molecule has 0 saturated heterocycles. The maximum atomic E-state index is 4.93. The topological polar surface area (TPSA) is 0 Å². The summed E-state index contributed by atoms with van der Waals surface area (Å²) in [7, 11) is 11.0. The minimum absolute atomic E-state index is 0.531. The molecule has 0 aliphatic rings. The Hall–Kier alpha value is -2.22. The van der Waals surface area contributed by atoms with Crippen molar-refractivity contribution in [2.24, 2.45) is 0 Å². The summed E-state index contributed by atoms with van der Waals surface area (Å²) in [5, 5.41) is 5.56. The van der Waals surface area contributed by atoms with E-state index in [1.165, 1.54) is 77.2 Å². The average molecular weight is 771 g/mol. The van der Waals surface area contributed by atoms with Gasteiger partial charge in [-0.15, -0.1) is 69.1 Å². The number of fused-ring (bicyclic) bond motifs is 2. The molecule has 48 heavy (non-hydrogen) atoms. The Morgan fingerprint density at radius 1 is 0.604 bits per heavy atom. The van der Waals surface area contributed by atoms with E-state index in [2.05, 4.69) is 166 Å². The van der Waals surface area contributed by atoms with Gasteiger partial charge >= 0.3 is 37.9 Å². The fourth-order valence-electron chi connectivity index (χ4n) is 6.40. The zero-order valence-electron chi connectivity index (χ0n) is 30.6. The molecule has 0 aliphatic heterocycles. The van der Waals surface area contributed by atoms with Gasteiger partial charge in [-0.2, -0.15) is 12.1 Å². The molecule has 250 valence electrons. The Morgan fingerprint density at radius 3 is 1.23 bits per heavy atom. The van der Waals surface area contributed by atoms with Crippen LogP contribution < -0.4 is 0 Å². The average Bonchev–Trinajstić information content (AvgIpc) is 3.70. The standard InChI is InChI=1S/2C21H23.C2H6Si.2ClH.Zr/c2*1-5-16-12-17-10-11-18(14(2)3)21(20(17)13-16)19-9-7-6-8-15(19)4;1-3-2;;;/h2*6-14H,5H2,1-4H3;1-2H3;2*1H;/q2*-1;;;;+4/p-2. The molecule has 2 radical (unpaired) electrons. The van der Waals surface area contributed by atoms with Gasteiger partial charge in [0.25, 0.3) is 0 Å². The summed E-state index contributed by atoms with van der Waals surface area (Å²) in [6.07, 6.45) is 2.19. The molecule has 0 atom stereocenters. The van der Waals surface area contributed by atoms with Gasteiger partial charge in [-0.1, -0.05) is 125 Å². The molecule has 0 spiro atoms. The fraction of sp³-hybridized carbons (Fsp3) is 0.318. The molecule has 0 N–H and O–H groups in total. The molecule has 4 heteroatoms. The van der Waals surface area contributed by atoms with Gasteiger partial charge < -0.3 is 0 Å². The Bertz CT molecular complexity index is 1740. The summed E-state index contributed by atoms with van der Waals surface area (Å²) >= 11 is -0.826. The molecule has 0 amide bonds. The van der Waals surface area contributed by atoms with E-state index in [4.69, 9.17) is 17.0 Å². The van der Waals surface area contributed by atoms with Crippen molar-refractivity contribution in [2.45, 2.75) is 93.2 Å². The SMILES string of the molecule is CCc1cc2c(-c3ccccc3C)c(C(C)C)ccc2[cH-]1.CCc1cc2c(-c3ccccc3C)c(C(C)C)ccc2[cH-]1.C[Si]C.[Cl][Zr+2][Cl]. The zero-order valence-corrected chi connectivity index (χ0v) is 35.5. The molecule has 6 aromatic rings. The van der Waals surface area contributed by atoms with E-state index >= 15 is 0 Å². The Morgan fingerprint density at radius 2 is 0.938 bits per heavy atom. The molecule has 0 bridgehead atoms. The van der Waals surface area contributed by atoms with Crippen LogP contribution in [-0.4, -0.2) is 9.52 Å². The van der Waals surface area contributed by atoms with Gasteiger partial charge in [-0.25, -0.2) is 0 Å². The van der Waals surface area contributed by atoms with Crippen molar-refractivity contribution >= 4 is 48.1 Å². The zero-order chi connectivity index (χ0) is 35.4. The number of halogens is 2. The molecular weight excluding hydrogens is 719 g/mol. The molecule has 0 aliphatic carbocycles. The minimum atomic E-state index is -0.826. The van der Waals surface area contributed by atoms with Crippen molar-refractivity contribution in [1.29, 1.82) is 0 Å². The van der Waals surface area contributed by atoms with Crippen LogP contribution in [-0.2, 0) is 33.7 Å². The Labute approximate surface area is 312 Å². The number of benzene rings is 4. The second-order valence-corrected chi connectivity index (χ2v) is 17.7. The second-order valence-electron chi connectivity index (χ2n) is 13.0. The first-order valence-corrected chi connectivity index (χ1v) is 25.5. The third-order valence-corrected chi connectivity index (χ3v) is 8.85. The summed E-state index contributed by atoms with van der Waals surface area (Å²) in [6, 6.07) is 36.1. The van der Waals surface area contributed by atoms with Crippen LogP contribution in [0.4, 0.5) is 0 Å². The Kier molecular flexibility index (Phi) is 16.6. The third kappa shape index (κ3) is 9.94. The number of hydrogen-bond acceptors (Lipinski definition) is 0. The van der Waals surface area contributed by atoms with Crippen molar-refractivity contribution in [3.8, 4) is 22.3 Å². The van der Waals surface area contributed by atoms with Crippen LogP contribution >= 0.6 is 17.0 Å². The van der Waals surface area contributed by atoms with Gasteiger partial charge in [0.15, 0.2) is 0 Å². The molecule has 0 aromatic heterocycles.